The first-order chi connectivity index (χ1) is 12.9. The van der Waals surface area contributed by atoms with Gasteiger partial charge in [0, 0.05) is 12.2 Å². The number of ether oxygens (including phenoxy) is 1. The van der Waals surface area contributed by atoms with Crippen molar-refractivity contribution in [1.29, 1.82) is 0 Å². The first kappa shape index (κ1) is 21.2. The molecule has 0 fully saturated rings. The summed E-state index contributed by atoms with van der Waals surface area (Å²) in [6.07, 6.45) is 6.91. The van der Waals surface area contributed by atoms with Crippen LogP contribution in [0.25, 0.3) is 0 Å². The highest BCUT2D eigenvalue weighted by Crippen LogP contribution is 2.21. The lowest BCUT2D eigenvalue weighted by atomic mass is 10.0. The molecule has 0 radical (unpaired) electrons. The SMILES string of the molecule is CCCCn1c2c(cc(C(=O)N[C@H](C(=O)OC)C(C)C)c1=O)CCCCC2. The van der Waals surface area contributed by atoms with Crippen molar-refractivity contribution in [3.8, 4) is 0 Å². The molecule has 1 amide bonds. The Kier molecular flexibility index (Phi) is 7.63. The third-order valence-electron chi connectivity index (χ3n) is 5.24. The maximum absolute atomic E-state index is 13.1. The van der Waals surface area contributed by atoms with Crippen LogP contribution in [-0.2, 0) is 28.9 Å². The first-order valence-corrected chi connectivity index (χ1v) is 10.0. The zero-order chi connectivity index (χ0) is 20.0. The smallest absolute Gasteiger partial charge is 0.328 e. The molecule has 1 N–H and O–H groups in total. The Hall–Kier alpha value is -2.11. The van der Waals surface area contributed by atoms with Crippen molar-refractivity contribution in [3.63, 3.8) is 0 Å². The molecule has 0 bridgehead atoms. The van der Waals surface area contributed by atoms with E-state index in [4.69, 9.17) is 4.74 Å². The van der Waals surface area contributed by atoms with Crippen molar-refractivity contribution in [1.82, 2.24) is 9.88 Å². The lowest BCUT2D eigenvalue weighted by molar-refractivity contribution is -0.144. The number of nitrogens with zero attached hydrogens (tertiary/aromatic N) is 1. The van der Waals surface area contributed by atoms with Crippen molar-refractivity contribution < 1.29 is 14.3 Å². The number of esters is 1. The summed E-state index contributed by atoms with van der Waals surface area (Å²) < 4.78 is 6.58. The third-order valence-corrected chi connectivity index (χ3v) is 5.24. The molecule has 1 atom stereocenters. The lowest BCUT2D eigenvalue weighted by Crippen LogP contribution is -2.47. The summed E-state index contributed by atoms with van der Waals surface area (Å²) >= 11 is 0. The average Bonchev–Trinajstić information content (AvgIpc) is 2.89. The maximum atomic E-state index is 13.1. The van der Waals surface area contributed by atoms with E-state index in [0.717, 1.165) is 56.2 Å². The molecule has 0 aromatic carbocycles. The van der Waals surface area contributed by atoms with Gasteiger partial charge in [0.25, 0.3) is 11.5 Å². The van der Waals surface area contributed by atoms with E-state index in [9.17, 15) is 14.4 Å². The van der Waals surface area contributed by atoms with Crippen LogP contribution in [0, 0.1) is 5.92 Å². The Labute approximate surface area is 161 Å². The maximum Gasteiger partial charge on any atom is 0.328 e. The summed E-state index contributed by atoms with van der Waals surface area (Å²) in [6, 6.07) is 0.972. The predicted molar refractivity (Wildman–Crippen MR) is 105 cm³/mol. The molecular formula is C21H32N2O4. The summed E-state index contributed by atoms with van der Waals surface area (Å²) in [4.78, 5) is 37.9. The Morgan fingerprint density at radius 1 is 1.22 bits per heavy atom. The number of amides is 1. The highest BCUT2D eigenvalue weighted by molar-refractivity contribution is 5.96. The van der Waals surface area contributed by atoms with E-state index >= 15 is 0 Å². The third kappa shape index (κ3) is 4.99. The van der Waals surface area contributed by atoms with Crippen LogP contribution in [0.2, 0.25) is 0 Å². The number of hydrogen-bond acceptors (Lipinski definition) is 4. The molecule has 27 heavy (non-hydrogen) atoms. The van der Waals surface area contributed by atoms with E-state index in [0.29, 0.717) is 6.54 Å². The van der Waals surface area contributed by atoms with Gasteiger partial charge in [0.1, 0.15) is 11.6 Å². The lowest BCUT2D eigenvalue weighted by Gasteiger charge is -2.21. The van der Waals surface area contributed by atoms with E-state index in [2.05, 4.69) is 12.2 Å². The highest BCUT2D eigenvalue weighted by Gasteiger charge is 2.27. The fourth-order valence-electron chi connectivity index (χ4n) is 3.62. The molecule has 1 heterocycles. The van der Waals surface area contributed by atoms with Gasteiger partial charge in [-0.05, 0) is 49.7 Å². The highest BCUT2D eigenvalue weighted by atomic mass is 16.5. The molecule has 0 aliphatic heterocycles. The van der Waals surface area contributed by atoms with Gasteiger partial charge in [0.15, 0.2) is 0 Å². The monoisotopic (exact) mass is 376 g/mol. The molecule has 0 saturated heterocycles. The molecule has 1 aliphatic carbocycles. The number of hydrogen-bond donors (Lipinski definition) is 1. The fraction of sp³-hybridized carbons (Fsp3) is 0.667. The molecule has 1 aliphatic rings. The van der Waals surface area contributed by atoms with Crippen molar-refractivity contribution in [2.45, 2.75) is 78.3 Å². The van der Waals surface area contributed by atoms with Crippen molar-refractivity contribution >= 4 is 11.9 Å². The van der Waals surface area contributed by atoms with Gasteiger partial charge in [-0.3, -0.25) is 9.59 Å². The van der Waals surface area contributed by atoms with E-state index < -0.39 is 17.9 Å². The number of carbonyl (C=O) groups excluding carboxylic acids is 2. The second-order valence-corrected chi connectivity index (χ2v) is 7.62. The van der Waals surface area contributed by atoms with Gasteiger partial charge in [0.05, 0.1) is 7.11 Å². The second-order valence-electron chi connectivity index (χ2n) is 7.62. The van der Waals surface area contributed by atoms with Crippen LogP contribution < -0.4 is 10.9 Å². The molecule has 1 aromatic heterocycles. The minimum absolute atomic E-state index is 0.126. The Balaban J connectivity index is 2.43. The zero-order valence-corrected chi connectivity index (χ0v) is 17.0. The number of fused-ring (bicyclic) bond motifs is 1. The van der Waals surface area contributed by atoms with Crippen LogP contribution in [0.15, 0.2) is 10.9 Å². The zero-order valence-electron chi connectivity index (χ0n) is 17.0. The van der Waals surface area contributed by atoms with Crippen molar-refractivity contribution in [2.24, 2.45) is 5.92 Å². The quantitative estimate of drug-likeness (QED) is 0.586. The molecule has 0 unspecified atom stereocenters. The normalized spacial score (nSPS) is 15.0. The second kappa shape index (κ2) is 9.72. The number of unbranched alkanes of at least 4 members (excludes halogenated alkanes) is 1. The van der Waals surface area contributed by atoms with Crippen LogP contribution in [0.5, 0.6) is 0 Å². The fourth-order valence-corrected chi connectivity index (χ4v) is 3.62. The predicted octanol–water partition coefficient (Wildman–Crippen LogP) is 2.84. The molecule has 1 aromatic rings. The number of rotatable bonds is 7. The number of aromatic nitrogens is 1. The van der Waals surface area contributed by atoms with E-state index in [-0.39, 0.29) is 17.0 Å². The van der Waals surface area contributed by atoms with Gasteiger partial charge >= 0.3 is 5.97 Å². The number of carbonyl (C=O) groups is 2. The minimum Gasteiger partial charge on any atom is -0.467 e. The molecule has 6 nitrogen and oxygen atoms in total. The van der Waals surface area contributed by atoms with Gasteiger partial charge in [-0.2, -0.15) is 0 Å². The summed E-state index contributed by atoms with van der Waals surface area (Å²) in [5, 5.41) is 2.70. The van der Waals surface area contributed by atoms with Crippen LogP contribution in [0.4, 0.5) is 0 Å². The summed E-state index contributed by atoms with van der Waals surface area (Å²) in [7, 11) is 1.30. The van der Waals surface area contributed by atoms with Crippen LogP contribution in [0.3, 0.4) is 0 Å². The first-order valence-electron chi connectivity index (χ1n) is 10.0. The van der Waals surface area contributed by atoms with E-state index in [1.54, 1.807) is 10.6 Å². The molecule has 150 valence electrons. The Bertz CT molecular complexity index is 736. The summed E-state index contributed by atoms with van der Waals surface area (Å²) in [6.45, 7) is 6.38. The van der Waals surface area contributed by atoms with Gasteiger partial charge < -0.3 is 14.6 Å². The Morgan fingerprint density at radius 3 is 2.56 bits per heavy atom. The van der Waals surface area contributed by atoms with E-state index in [1.807, 2.05) is 13.8 Å². The van der Waals surface area contributed by atoms with Crippen molar-refractivity contribution in [3.05, 3.63) is 33.2 Å². The molecular weight excluding hydrogens is 344 g/mol. The van der Waals surface area contributed by atoms with E-state index in [1.165, 1.54) is 7.11 Å². The number of pyridine rings is 1. The standard InChI is InChI=1S/C21H32N2O4/c1-5-6-12-23-17-11-9-7-8-10-15(17)13-16(20(23)25)19(24)22-18(14(2)3)21(26)27-4/h13-14,18H,5-12H2,1-4H3,(H,22,24)/t18-/m0/s1. The number of nitrogens with one attached hydrogen (secondary N) is 1. The Morgan fingerprint density at radius 2 is 1.93 bits per heavy atom. The van der Waals surface area contributed by atoms with Crippen molar-refractivity contribution in [2.75, 3.05) is 7.11 Å². The van der Waals surface area contributed by atoms with Gasteiger partial charge in [-0.15, -0.1) is 0 Å². The van der Waals surface area contributed by atoms with Gasteiger partial charge in [-0.25, -0.2) is 4.79 Å². The van der Waals surface area contributed by atoms with Crippen LogP contribution >= 0.6 is 0 Å². The summed E-state index contributed by atoms with van der Waals surface area (Å²) in [5.41, 5.74) is 2.04. The molecule has 6 heteroatoms. The largest absolute Gasteiger partial charge is 0.467 e. The van der Waals surface area contributed by atoms with Crippen LogP contribution in [0.1, 0.15) is 74.5 Å². The topological polar surface area (TPSA) is 77.4 Å². The minimum atomic E-state index is -0.773. The molecule has 0 saturated carbocycles. The van der Waals surface area contributed by atoms with Gasteiger partial charge in [-0.1, -0.05) is 33.6 Å². The average molecular weight is 376 g/mol. The molecule has 0 spiro atoms. The molecule has 2 rings (SSSR count). The summed E-state index contributed by atoms with van der Waals surface area (Å²) in [5.74, 6) is -1.13. The van der Waals surface area contributed by atoms with Crippen LogP contribution in [-0.4, -0.2) is 29.6 Å². The number of aryl methyl sites for hydroxylation is 1. The van der Waals surface area contributed by atoms with Gasteiger partial charge in [0.2, 0.25) is 0 Å². The number of methoxy groups -OCH3 is 1.